The van der Waals surface area contributed by atoms with Gasteiger partial charge in [-0.05, 0) is 82.1 Å². The maximum Gasteiger partial charge on any atom is 0.252 e. The summed E-state index contributed by atoms with van der Waals surface area (Å²) in [5.74, 6) is 1.42. The van der Waals surface area contributed by atoms with Gasteiger partial charge in [0.1, 0.15) is 18.1 Å². The molecule has 3 aromatic rings. The maximum atomic E-state index is 13.4. The highest BCUT2D eigenvalue weighted by atomic mass is 16.5. The second-order valence-electron chi connectivity index (χ2n) is 9.44. The summed E-state index contributed by atoms with van der Waals surface area (Å²) in [4.78, 5) is 20.4. The fraction of sp³-hybridized carbons (Fsp3) is 0.407. The van der Waals surface area contributed by atoms with Crippen LogP contribution in [0.15, 0.2) is 42.5 Å². The number of nitrogens with one attached hydrogen (secondary N) is 1. The van der Waals surface area contributed by atoms with Crippen LogP contribution in [0.1, 0.15) is 46.4 Å². The molecule has 1 saturated heterocycles. The lowest BCUT2D eigenvalue weighted by Gasteiger charge is -2.37. The van der Waals surface area contributed by atoms with Gasteiger partial charge in [0.2, 0.25) is 0 Å². The van der Waals surface area contributed by atoms with Crippen LogP contribution in [0.3, 0.4) is 0 Å². The van der Waals surface area contributed by atoms with Gasteiger partial charge in [-0.15, -0.1) is 0 Å². The highest BCUT2D eigenvalue weighted by Crippen LogP contribution is 2.49. The second-order valence-corrected chi connectivity index (χ2v) is 9.44. The molecule has 1 aliphatic carbocycles. The van der Waals surface area contributed by atoms with Crippen molar-refractivity contribution in [3.63, 3.8) is 0 Å². The first-order valence-corrected chi connectivity index (χ1v) is 11.6. The average Bonchev–Trinajstić information content (AvgIpc) is 3.58. The van der Waals surface area contributed by atoms with E-state index < -0.39 is 5.54 Å². The summed E-state index contributed by atoms with van der Waals surface area (Å²) in [6.07, 6.45) is 2.93. The Bertz CT molecular complexity index is 1220. The fourth-order valence-electron chi connectivity index (χ4n) is 4.60. The zero-order valence-corrected chi connectivity index (χ0v) is 19.8. The summed E-state index contributed by atoms with van der Waals surface area (Å²) < 4.78 is 11.6. The number of carbonyl (C=O) groups is 1. The lowest BCUT2D eigenvalue weighted by atomic mass is 9.97. The Morgan fingerprint density at radius 2 is 1.97 bits per heavy atom. The molecule has 33 heavy (non-hydrogen) atoms. The number of fused-ring (bicyclic) bond motifs is 1. The zero-order valence-electron chi connectivity index (χ0n) is 19.8. The summed E-state index contributed by atoms with van der Waals surface area (Å²) in [6.45, 7) is 5.71. The fourth-order valence-corrected chi connectivity index (χ4v) is 4.60. The van der Waals surface area contributed by atoms with Gasteiger partial charge in [0.05, 0.1) is 18.2 Å². The molecule has 2 heterocycles. The number of pyridine rings is 1. The smallest absolute Gasteiger partial charge is 0.252 e. The van der Waals surface area contributed by atoms with E-state index in [1.807, 2.05) is 50.2 Å². The number of hydrogen-bond donors (Lipinski definition) is 1. The third-order valence-electron chi connectivity index (χ3n) is 7.11. The molecule has 0 spiro atoms. The number of likely N-dealkylation sites (tertiary alicyclic amines) is 1. The number of amides is 1. The predicted molar refractivity (Wildman–Crippen MR) is 129 cm³/mol. The van der Waals surface area contributed by atoms with Gasteiger partial charge >= 0.3 is 0 Å². The second kappa shape index (κ2) is 8.34. The van der Waals surface area contributed by atoms with Crippen LogP contribution in [0.4, 0.5) is 0 Å². The monoisotopic (exact) mass is 445 g/mol. The molecule has 2 aromatic carbocycles. The highest BCUT2D eigenvalue weighted by Gasteiger charge is 2.47. The first kappa shape index (κ1) is 21.7. The molecule has 2 aliphatic rings. The number of methoxy groups -OCH3 is 1. The molecule has 172 valence electrons. The van der Waals surface area contributed by atoms with Crippen molar-refractivity contribution >= 4 is 16.8 Å². The summed E-state index contributed by atoms with van der Waals surface area (Å²) in [6, 6.07) is 14.3. The Balaban J connectivity index is 1.41. The number of rotatable bonds is 7. The first-order valence-electron chi connectivity index (χ1n) is 11.6. The molecule has 1 saturated carbocycles. The van der Waals surface area contributed by atoms with E-state index in [1.165, 1.54) is 0 Å². The van der Waals surface area contributed by atoms with Crippen molar-refractivity contribution in [3.8, 4) is 11.5 Å². The Hall–Kier alpha value is -3.12. The van der Waals surface area contributed by atoms with Gasteiger partial charge in [-0.2, -0.15) is 0 Å². The summed E-state index contributed by atoms with van der Waals surface area (Å²) in [7, 11) is 3.77. The molecule has 1 aliphatic heterocycles. The van der Waals surface area contributed by atoms with Crippen molar-refractivity contribution in [1.82, 2.24) is 15.2 Å². The van der Waals surface area contributed by atoms with E-state index in [2.05, 4.69) is 28.3 Å². The summed E-state index contributed by atoms with van der Waals surface area (Å²) in [5, 5.41) is 4.39. The van der Waals surface area contributed by atoms with Crippen LogP contribution >= 0.6 is 0 Å². The molecule has 0 radical (unpaired) electrons. The molecule has 0 bridgehead atoms. The van der Waals surface area contributed by atoms with Crippen LogP contribution in [0, 0.1) is 13.8 Å². The van der Waals surface area contributed by atoms with Crippen molar-refractivity contribution in [3.05, 3.63) is 64.8 Å². The third kappa shape index (κ3) is 4.15. The van der Waals surface area contributed by atoms with Crippen LogP contribution in [-0.4, -0.2) is 49.1 Å². The number of ether oxygens (including phenoxy) is 2. The largest absolute Gasteiger partial charge is 0.497 e. The minimum atomic E-state index is -0.404. The Kier molecular flexibility index (Phi) is 5.49. The van der Waals surface area contributed by atoms with E-state index in [4.69, 9.17) is 9.47 Å². The number of likely N-dealkylation sites (N-methyl/N-ethyl adjacent to an activating group) is 1. The molecular weight excluding hydrogens is 414 g/mol. The zero-order chi connectivity index (χ0) is 23.2. The standard InChI is InChI=1S/C27H31N3O3/c1-17-5-7-20(33-16-19-9-12-30(19)3)13-23(17)26(31)29-27(10-11-27)24-14-21(32-4)15-25-22(24)8-6-18(2)28-25/h5-8,13-15,19H,9-12,16H2,1-4H3,(H,29,31). The van der Waals surface area contributed by atoms with Crippen molar-refractivity contribution in [2.45, 2.75) is 44.7 Å². The first-order chi connectivity index (χ1) is 15.9. The third-order valence-corrected chi connectivity index (χ3v) is 7.11. The normalized spacial score (nSPS) is 19.1. The van der Waals surface area contributed by atoms with Crippen molar-refractivity contribution in [2.75, 3.05) is 27.3 Å². The van der Waals surface area contributed by atoms with Crippen molar-refractivity contribution in [1.29, 1.82) is 0 Å². The number of benzene rings is 2. The van der Waals surface area contributed by atoms with Gasteiger partial charge < -0.3 is 14.8 Å². The molecule has 6 heteroatoms. The predicted octanol–water partition coefficient (Wildman–Crippen LogP) is 4.36. The molecule has 6 nitrogen and oxygen atoms in total. The van der Waals surface area contributed by atoms with Crippen LogP contribution in [0.5, 0.6) is 11.5 Å². The van der Waals surface area contributed by atoms with Crippen molar-refractivity contribution < 1.29 is 14.3 Å². The molecule has 1 atom stereocenters. The number of aromatic nitrogens is 1. The Labute approximate surface area is 194 Å². The topological polar surface area (TPSA) is 63.7 Å². The van der Waals surface area contributed by atoms with Gasteiger partial charge in [-0.3, -0.25) is 14.7 Å². The quantitative estimate of drug-likeness (QED) is 0.585. The minimum absolute atomic E-state index is 0.0766. The molecule has 2 fully saturated rings. The van der Waals surface area contributed by atoms with E-state index in [1.54, 1.807) is 7.11 Å². The number of nitrogens with zero attached hydrogens (tertiary/aromatic N) is 2. The lowest BCUT2D eigenvalue weighted by molar-refractivity contribution is 0.0767. The molecule has 1 N–H and O–H groups in total. The SMILES string of the molecule is COc1cc(C2(NC(=O)c3cc(OCC4CCN4C)ccc3C)CC2)c2ccc(C)nc2c1. The molecule has 1 unspecified atom stereocenters. The molecule has 1 amide bonds. The van der Waals surface area contributed by atoms with Gasteiger partial charge in [0.15, 0.2) is 0 Å². The van der Waals surface area contributed by atoms with Crippen molar-refractivity contribution in [2.24, 2.45) is 0 Å². The van der Waals surface area contributed by atoms with E-state index in [-0.39, 0.29) is 5.91 Å². The van der Waals surface area contributed by atoms with E-state index in [0.717, 1.165) is 65.0 Å². The molecule has 5 rings (SSSR count). The van der Waals surface area contributed by atoms with Gasteiger partial charge in [0.25, 0.3) is 5.91 Å². The van der Waals surface area contributed by atoms with Crippen LogP contribution in [0.25, 0.3) is 10.9 Å². The number of aryl methyl sites for hydroxylation is 2. The minimum Gasteiger partial charge on any atom is -0.497 e. The summed E-state index contributed by atoms with van der Waals surface area (Å²) in [5.41, 5.74) is 4.09. The van der Waals surface area contributed by atoms with Gasteiger partial charge in [-0.1, -0.05) is 12.1 Å². The van der Waals surface area contributed by atoms with Gasteiger partial charge in [0, 0.05) is 28.8 Å². The Morgan fingerprint density at radius 1 is 1.15 bits per heavy atom. The van der Waals surface area contributed by atoms with Crippen LogP contribution in [0.2, 0.25) is 0 Å². The molecular formula is C27H31N3O3. The lowest BCUT2D eigenvalue weighted by Crippen LogP contribution is -2.48. The van der Waals surface area contributed by atoms with E-state index >= 15 is 0 Å². The average molecular weight is 446 g/mol. The van der Waals surface area contributed by atoms with Gasteiger partial charge in [-0.25, -0.2) is 0 Å². The van der Waals surface area contributed by atoms with Crippen LogP contribution in [-0.2, 0) is 5.54 Å². The van der Waals surface area contributed by atoms with Crippen LogP contribution < -0.4 is 14.8 Å². The molecule has 1 aromatic heterocycles. The van der Waals surface area contributed by atoms with E-state index in [0.29, 0.717) is 18.2 Å². The maximum absolute atomic E-state index is 13.4. The highest BCUT2D eigenvalue weighted by molar-refractivity contribution is 5.97. The summed E-state index contributed by atoms with van der Waals surface area (Å²) >= 11 is 0. The number of carbonyl (C=O) groups excluding carboxylic acids is 1. The van der Waals surface area contributed by atoms with E-state index in [9.17, 15) is 4.79 Å². The number of hydrogen-bond acceptors (Lipinski definition) is 5. The Morgan fingerprint density at radius 3 is 2.64 bits per heavy atom.